The molecule has 29 heavy (non-hydrogen) atoms. The molecule has 1 N–H and O–H groups in total. The van der Waals surface area contributed by atoms with Crippen molar-refractivity contribution in [2.24, 2.45) is 4.99 Å². The van der Waals surface area contributed by atoms with Crippen LogP contribution in [-0.4, -0.2) is 43.2 Å². The molecule has 2 amide bonds. The zero-order valence-corrected chi connectivity index (χ0v) is 16.4. The summed E-state index contributed by atoms with van der Waals surface area (Å²) < 4.78 is 10.7. The van der Waals surface area contributed by atoms with E-state index < -0.39 is 0 Å². The summed E-state index contributed by atoms with van der Waals surface area (Å²) in [5.74, 6) is 0.783. The van der Waals surface area contributed by atoms with Gasteiger partial charge in [-0.25, -0.2) is 0 Å². The summed E-state index contributed by atoms with van der Waals surface area (Å²) >= 11 is 0. The van der Waals surface area contributed by atoms with E-state index in [-0.39, 0.29) is 17.9 Å². The molecule has 2 aliphatic rings. The first kappa shape index (κ1) is 18.7. The van der Waals surface area contributed by atoms with Crippen molar-refractivity contribution in [1.82, 2.24) is 4.90 Å². The second kappa shape index (κ2) is 7.43. The number of hydrogen-bond donors (Lipinski definition) is 1. The fourth-order valence-corrected chi connectivity index (χ4v) is 3.59. The number of nitrogens with zero attached hydrogens (tertiary/aromatic N) is 2. The third-order valence-corrected chi connectivity index (χ3v) is 5.01. The van der Waals surface area contributed by atoms with E-state index >= 15 is 0 Å². The second-order valence-corrected chi connectivity index (χ2v) is 6.90. The van der Waals surface area contributed by atoms with Crippen LogP contribution in [0.15, 0.2) is 47.6 Å². The Morgan fingerprint density at radius 3 is 2.48 bits per heavy atom. The zero-order valence-electron chi connectivity index (χ0n) is 16.4. The third kappa shape index (κ3) is 3.47. The van der Waals surface area contributed by atoms with Crippen LogP contribution in [0.1, 0.15) is 29.3 Å². The zero-order chi connectivity index (χ0) is 20.5. The molecule has 1 atom stereocenters. The molecule has 148 valence electrons. The molecule has 0 bridgehead atoms. The summed E-state index contributed by atoms with van der Waals surface area (Å²) in [5.41, 5.74) is 3.81. The number of ether oxygens (including phenoxy) is 2. The van der Waals surface area contributed by atoms with Gasteiger partial charge in [-0.15, -0.1) is 0 Å². The molecule has 0 spiro atoms. The average molecular weight is 391 g/mol. The van der Waals surface area contributed by atoms with Crippen molar-refractivity contribution in [3.8, 4) is 11.5 Å². The van der Waals surface area contributed by atoms with E-state index in [9.17, 15) is 9.59 Å². The molecular formula is C22H21N3O4. The Bertz CT molecular complexity index is 1040. The van der Waals surface area contributed by atoms with E-state index in [1.54, 1.807) is 30.4 Å². The van der Waals surface area contributed by atoms with E-state index in [2.05, 4.69) is 10.3 Å². The molecule has 0 radical (unpaired) electrons. The summed E-state index contributed by atoms with van der Waals surface area (Å²) in [6, 6.07) is 10.8. The van der Waals surface area contributed by atoms with Crippen LogP contribution in [-0.2, 0) is 4.79 Å². The third-order valence-electron chi connectivity index (χ3n) is 5.01. The molecule has 0 saturated carbocycles. The van der Waals surface area contributed by atoms with Gasteiger partial charge in [0.15, 0.2) is 11.5 Å². The van der Waals surface area contributed by atoms with E-state index in [0.717, 1.165) is 16.8 Å². The van der Waals surface area contributed by atoms with Crippen molar-refractivity contribution in [1.29, 1.82) is 0 Å². The van der Waals surface area contributed by atoms with Crippen LogP contribution in [0.3, 0.4) is 0 Å². The maximum Gasteiger partial charge on any atom is 0.260 e. The first-order valence-corrected chi connectivity index (χ1v) is 9.21. The van der Waals surface area contributed by atoms with Gasteiger partial charge in [0.1, 0.15) is 0 Å². The number of methoxy groups -OCH3 is 2. The van der Waals surface area contributed by atoms with Crippen LogP contribution in [0.2, 0.25) is 0 Å². The smallest absolute Gasteiger partial charge is 0.260 e. The van der Waals surface area contributed by atoms with Crippen LogP contribution in [0.25, 0.3) is 5.57 Å². The minimum atomic E-state index is -0.156. The Labute approximate surface area is 168 Å². The molecule has 2 aromatic rings. The van der Waals surface area contributed by atoms with Gasteiger partial charge in [-0.2, -0.15) is 0 Å². The Morgan fingerprint density at radius 1 is 1.14 bits per heavy atom. The number of carbonyl (C=O) groups excluding carboxylic acids is 2. The van der Waals surface area contributed by atoms with Crippen LogP contribution in [0.5, 0.6) is 11.5 Å². The number of fused-ring (bicyclic) bond motifs is 2. The topological polar surface area (TPSA) is 80.2 Å². The van der Waals surface area contributed by atoms with E-state index in [1.807, 2.05) is 30.5 Å². The summed E-state index contributed by atoms with van der Waals surface area (Å²) in [6.07, 6.45) is 4.33. The molecule has 2 heterocycles. The Morgan fingerprint density at radius 2 is 1.83 bits per heavy atom. The highest BCUT2D eigenvalue weighted by Gasteiger charge is 2.33. The molecule has 2 aliphatic heterocycles. The number of anilines is 1. The van der Waals surface area contributed by atoms with Crippen molar-refractivity contribution >= 4 is 35.0 Å². The predicted octanol–water partition coefficient (Wildman–Crippen LogP) is 3.63. The van der Waals surface area contributed by atoms with Gasteiger partial charge in [-0.3, -0.25) is 14.6 Å². The lowest BCUT2D eigenvalue weighted by atomic mass is 10.0. The summed E-state index contributed by atoms with van der Waals surface area (Å²) in [4.78, 5) is 30.6. The van der Waals surface area contributed by atoms with Crippen LogP contribution < -0.4 is 14.8 Å². The first-order chi connectivity index (χ1) is 14.0. The quantitative estimate of drug-likeness (QED) is 0.863. The number of aliphatic imine (C=N–C) groups is 1. The number of amides is 2. The highest BCUT2D eigenvalue weighted by molar-refractivity contribution is 6.05. The second-order valence-electron chi connectivity index (χ2n) is 6.90. The lowest BCUT2D eigenvalue weighted by molar-refractivity contribution is -0.114. The van der Waals surface area contributed by atoms with Gasteiger partial charge in [-0.05, 0) is 29.3 Å². The fourth-order valence-electron chi connectivity index (χ4n) is 3.59. The summed E-state index contributed by atoms with van der Waals surface area (Å²) in [7, 11) is 3.09. The monoisotopic (exact) mass is 391 g/mol. The summed E-state index contributed by atoms with van der Waals surface area (Å²) in [6.45, 7) is 1.47. The standard InChI is InChI=1S/C22H21N3O4/c1-13(26)24-16-6-4-14(5-7-16)15-8-17-11-23-19-10-21(29-3)20(28-2)9-18(19)22(27)25(17)12-15/h4-7,9-12,17H,8H2,1-3H3,(H,24,26)/t17-/m0/s1. The lowest BCUT2D eigenvalue weighted by Crippen LogP contribution is -2.32. The van der Waals surface area contributed by atoms with Gasteiger partial charge in [0.2, 0.25) is 5.91 Å². The van der Waals surface area contributed by atoms with Gasteiger partial charge in [0.25, 0.3) is 5.91 Å². The first-order valence-electron chi connectivity index (χ1n) is 9.21. The van der Waals surface area contributed by atoms with Gasteiger partial charge in [-0.1, -0.05) is 12.1 Å². The Kier molecular flexibility index (Phi) is 4.80. The predicted molar refractivity (Wildman–Crippen MR) is 111 cm³/mol. The van der Waals surface area contributed by atoms with E-state index in [0.29, 0.717) is 29.2 Å². The summed E-state index contributed by atoms with van der Waals surface area (Å²) in [5, 5.41) is 2.75. The maximum absolute atomic E-state index is 13.2. The van der Waals surface area contributed by atoms with Crippen molar-refractivity contribution < 1.29 is 19.1 Å². The molecule has 7 nitrogen and oxygen atoms in total. The lowest BCUT2D eigenvalue weighted by Gasteiger charge is -2.18. The molecule has 0 saturated heterocycles. The van der Waals surface area contributed by atoms with Crippen molar-refractivity contribution in [3.63, 3.8) is 0 Å². The Balaban J connectivity index is 1.65. The number of carbonyl (C=O) groups is 2. The van der Waals surface area contributed by atoms with E-state index in [1.165, 1.54) is 14.0 Å². The van der Waals surface area contributed by atoms with Crippen LogP contribution in [0, 0.1) is 0 Å². The Hall–Kier alpha value is -3.61. The van der Waals surface area contributed by atoms with Crippen LogP contribution in [0.4, 0.5) is 11.4 Å². The van der Waals surface area contributed by atoms with Gasteiger partial charge in [0, 0.05) is 37.5 Å². The highest BCUT2D eigenvalue weighted by atomic mass is 16.5. The SMILES string of the molecule is COc1cc2c(cc1OC)C(=O)N1C=C(c3ccc(NC(C)=O)cc3)C[C@H]1C=N2. The minimum absolute atomic E-state index is 0.112. The number of hydrogen-bond acceptors (Lipinski definition) is 5. The molecule has 2 aromatic carbocycles. The van der Waals surface area contributed by atoms with Gasteiger partial charge >= 0.3 is 0 Å². The average Bonchev–Trinajstić information content (AvgIpc) is 3.10. The van der Waals surface area contributed by atoms with Crippen LogP contribution >= 0.6 is 0 Å². The van der Waals surface area contributed by atoms with E-state index in [4.69, 9.17) is 9.47 Å². The van der Waals surface area contributed by atoms with Crippen molar-refractivity contribution in [3.05, 3.63) is 53.7 Å². The molecule has 4 rings (SSSR count). The maximum atomic E-state index is 13.2. The molecule has 0 aliphatic carbocycles. The van der Waals surface area contributed by atoms with Crippen molar-refractivity contribution in [2.75, 3.05) is 19.5 Å². The number of rotatable bonds is 4. The number of nitrogens with one attached hydrogen (secondary N) is 1. The largest absolute Gasteiger partial charge is 0.493 e. The molecule has 0 fully saturated rings. The minimum Gasteiger partial charge on any atom is -0.493 e. The van der Waals surface area contributed by atoms with Crippen molar-refractivity contribution in [2.45, 2.75) is 19.4 Å². The molecular weight excluding hydrogens is 370 g/mol. The molecule has 0 unspecified atom stereocenters. The molecule has 7 heteroatoms. The molecule has 0 aromatic heterocycles. The fraction of sp³-hybridized carbons (Fsp3) is 0.227. The number of benzene rings is 2. The highest BCUT2D eigenvalue weighted by Crippen LogP contribution is 2.39. The van der Waals surface area contributed by atoms with Gasteiger partial charge < -0.3 is 19.7 Å². The van der Waals surface area contributed by atoms with Gasteiger partial charge in [0.05, 0.1) is 31.5 Å². The normalized spacial score (nSPS) is 17.2.